The van der Waals surface area contributed by atoms with Crippen LogP contribution < -0.4 is 16.2 Å². The zero-order valence-electron chi connectivity index (χ0n) is 10.2. The third-order valence-electron chi connectivity index (χ3n) is 3.36. The minimum absolute atomic E-state index is 0.135. The van der Waals surface area contributed by atoms with Crippen molar-refractivity contribution in [1.82, 2.24) is 0 Å². The van der Waals surface area contributed by atoms with Crippen LogP contribution >= 0.6 is 0 Å². The van der Waals surface area contributed by atoms with E-state index in [-0.39, 0.29) is 4.90 Å². The van der Waals surface area contributed by atoms with Crippen LogP contribution in [0.3, 0.4) is 0 Å². The zero-order valence-corrected chi connectivity index (χ0v) is 11.0. The van der Waals surface area contributed by atoms with Gasteiger partial charge >= 0.3 is 0 Å². The van der Waals surface area contributed by atoms with Crippen molar-refractivity contribution >= 4 is 15.7 Å². The number of hydrogen-bond donors (Lipinski definition) is 3. The van der Waals surface area contributed by atoms with Gasteiger partial charge in [-0.05, 0) is 49.4 Å². The van der Waals surface area contributed by atoms with Crippen molar-refractivity contribution in [3.63, 3.8) is 0 Å². The molecule has 100 valence electrons. The summed E-state index contributed by atoms with van der Waals surface area (Å²) in [7, 11) is -3.60. The van der Waals surface area contributed by atoms with E-state index >= 15 is 0 Å². The lowest BCUT2D eigenvalue weighted by molar-refractivity contribution is 0.566. The van der Waals surface area contributed by atoms with Gasteiger partial charge in [-0.25, -0.2) is 13.6 Å². The van der Waals surface area contributed by atoms with E-state index in [1.807, 2.05) is 0 Å². The summed E-state index contributed by atoms with van der Waals surface area (Å²) in [5, 5.41) is 8.33. The summed E-state index contributed by atoms with van der Waals surface area (Å²) < 4.78 is 22.2. The average Bonchev–Trinajstić information content (AvgIpc) is 2.72. The Morgan fingerprint density at radius 1 is 1.22 bits per heavy atom. The molecule has 0 bridgehead atoms. The molecule has 0 saturated heterocycles. The van der Waals surface area contributed by atoms with Crippen LogP contribution in [0.2, 0.25) is 0 Å². The van der Waals surface area contributed by atoms with E-state index in [1.54, 1.807) is 12.1 Å². The molecule has 6 heteroatoms. The highest BCUT2D eigenvalue weighted by molar-refractivity contribution is 7.89. The van der Waals surface area contributed by atoms with Gasteiger partial charge in [-0.1, -0.05) is 0 Å². The number of benzene rings is 1. The predicted molar refractivity (Wildman–Crippen MR) is 71.6 cm³/mol. The van der Waals surface area contributed by atoms with Gasteiger partial charge in [0.15, 0.2) is 0 Å². The van der Waals surface area contributed by atoms with Gasteiger partial charge in [0.25, 0.3) is 0 Å². The van der Waals surface area contributed by atoms with Crippen LogP contribution in [-0.2, 0) is 10.0 Å². The Balaban J connectivity index is 1.91. The van der Waals surface area contributed by atoms with Crippen molar-refractivity contribution in [3.8, 4) is 0 Å². The summed E-state index contributed by atoms with van der Waals surface area (Å²) in [5.41, 5.74) is 6.76. The van der Waals surface area contributed by atoms with E-state index in [0.717, 1.165) is 31.5 Å². The summed E-state index contributed by atoms with van der Waals surface area (Å²) in [6.07, 6.45) is 3.31. The summed E-state index contributed by atoms with van der Waals surface area (Å²) in [5.74, 6) is 0.609. The third kappa shape index (κ3) is 3.44. The highest BCUT2D eigenvalue weighted by atomic mass is 32.2. The second-order valence-corrected chi connectivity index (χ2v) is 6.45. The Labute approximate surface area is 108 Å². The number of nitrogens with one attached hydrogen (secondary N) is 1. The minimum atomic E-state index is -3.60. The first-order valence-electron chi connectivity index (χ1n) is 6.07. The van der Waals surface area contributed by atoms with Gasteiger partial charge in [0.1, 0.15) is 0 Å². The van der Waals surface area contributed by atoms with Crippen LogP contribution in [0.25, 0.3) is 0 Å². The summed E-state index contributed by atoms with van der Waals surface area (Å²) in [4.78, 5) is 0.135. The van der Waals surface area contributed by atoms with Crippen molar-refractivity contribution in [2.75, 3.05) is 11.9 Å². The molecule has 0 amide bonds. The fourth-order valence-corrected chi connectivity index (χ4v) is 2.84. The maximum absolute atomic E-state index is 11.1. The van der Waals surface area contributed by atoms with Crippen LogP contribution in [-0.4, -0.2) is 21.0 Å². The molecular weight excluding hydrogens is 250 g/mol. The molecule has 1 fully saturated rings. The maximum Gasteiger partial charge on any atom is 0.238 e. The first-order chi connectivity index (χ1) is 8.45. The lowest BCUT2D eigenvalue weighted by atomic mass is 10.1. The Kier molecular flexibility index (Phi) is 3.89. The molecule has 1 aromatic rings. The van der Waals surface area contributed by atoms with Gasteiger partial charge in [-0.3, -0.25) is 0 Å². The number of primary sulfonamides is 1. The molecular formula is C12H19N3O2S. The molecule has 0 aromatic heterocycles. The highest BCUT2D eigenvalue weighted by Gasteiger charge is 2.21. The summed E-state index contributed by atoms with van der Waals surface area (Å²) in [6, 6.07) is 6.82. The maximum atomic E-state index is 11.1. The number of sulfonamides is 1. The lowest BCUT2D eigenvalue weighted by Crippen LogP contribution is -2.17. The summed E-state index contributed by atoms with van der Waals surface area (Å²) in [6.45, 7) is 0.877. The number of nitrogens with two attached hydrogens (primary N) is 2. The third-order valence-corrected chi connectivity index (χ3v) is 4.29. The van der Waals surface area contributed by atoms with E-state index in [2.05, 4.69) is 5.32 Å². The highest BCUT2D eigenvalue weighted by Crippen LogP contribution is 2.24. The van der Waals surface area contributed by atoms with Crippen LogP contribution in [0, 0.1) is 5.92 Å². The second-order valence-electron chi connectivity index (χ2n) is 4.89. The lowest BCUT2D eigenvalue weighted by Gasteiger charge is -2.12. The first kappa shape index (κ1) is 13.3. The second kappa shape index (κ2) is 5.26. The molecule has 1 aliphatic rings. The quantitative estimate of drug-likeness (QED) is 0.755. The molecule has 5 nitrogen and oxygen atoms in total. The average molecular weight is 269 g/mol. The van der Waals surface area contributed by atoms with E-state index in [9.17, 15) is 8.42 Å². The molecule has 2 atom stereocenters. The van der Waals surface area contributed by atoms with Crippen molar-refractivity contribution in [2.24, 2.45) is 16.8 Å². The van der Waals surface area contributed by atoms with E-state index in [4.69, 9.17) is 10.9 Å². The predicted octanol–water partition coefficient (Wildman–Crippen LogP) is 0.873. The normalized spacial score (nSPS) is 24.1. The largest absolute Gasteiger partial charge is 0.385 e. The van der Waals surface area contributed by atoms with Gasteiger partial charge in [-0.2, -0.15) is 0 Å². The SMILES string of the molecule is NC1CCC(CNc2ccc(S(N)(=O)=O)cc2)C1. The molecule has 1 saturated carbocycles. The molecule has 1 aromatic carbocycles. The van der Waals surface area contributed by atoms with E-state index in [1.165, 1.54) is 12.1 Å². The van der Waals surface area contributed by atoms with Gasteiger partial charge in [0.2, 0.25) is 10.0 Å². The van der Waals surface area contributed by atoms with Gasteiger partial charge < -0.3 is 11.1 Å². The standard InChI is InChI=1S/C12H19N3O2S/c13-10-2-1-9(7-10)8-15-11-3-5-12(6-4-11)18(14,16)17/h3-6,9-10,15H,1-2,7-8,13H2,(H2,14,16,17). The molecule has 18 heavy (non-hydrogen) atoms. The van der Waals surface area contributed by atoms with Crippen molar-refractivity contribution in [2.45, 2.75) is 30.2 Å². The molecule has 2 rings (SSSR count). The molecule has 2 unspecified atom stereocenters. The van der Waals surface area contributed by atoms with Gasteiger partial charge in [0, 0.05) is 18.3 Å². The van der Waals surface area contributed by atoms with Crippen molar-refractivity contribution < 1.29 is 8.42 Å². The van der Waals surface area contributed by atoms with Crippen LogP contribution in [0.5, 0.6) is 0 Å². The van der Waals surface area contributed by atoms with Gasteiger partial charge in [0.05, 0.1) is 4.90 Å². The van der Waals surface area contributed by atoms with Crippen LogP contribution in [0.1, 0.15) is 19.3 Å². The summed E-state index contributed by atoms with van der Waals surface area (Å²) >= 11 is 0. The molecule has 1 aliphatic carbocycles. The Morgan fingerprint density at radius 3 is 2.39 bits per heavy atom. The molecule has 0 heterocycles. The van der Waals surface area contributed by atoms with Crippen molar-refractivity contribution in [3.05, 3.63) is 24.3 Å². The van der Waals surface area contributed by atoms with Crippen LogP contribution in [0.15, 0.2) is 29.2 Å². The molecule has 0 aliphatic heterocycles. The molecule has 5 N–H and O–H groups in total. The monoisotopic (exact) mass is 269 g/mol. The van der Waals surface area contributed by atoms with E-state index < -0.39 is 10.0 Å². The van der Waals surface area contributed by atoms with Crippen molar-refractivity contribution in [1.29, 1.82) is 0 Å². The topological polar surface area (TPSA) is 98.2 Å². The van der Waals surface area contributed by atoms with Crippen LogP contribution in [0.4, 0.5) is 5.69 Å². The zero-order chi connectivity index (χ0) is 13.2. The smallest absolute Gasteiger partial charge is 0.238 e. The number of hydrogen-bond acceptors (Lipinski definition) is 4. The molecule has 0 spiro atoms. The number of anilines is 1. The Hall–Kier alpha value is -1.11. The minimum Gasteiger partial charge on any atom is -0.385 e. The fraction of sp³-hybridized carbons (Fsp3) is 0.500. The first-order valence-corrected chi connectivity index (χ1v) is 7.62. The van der Waals surface area contributed by atoms with E-state index in [0.29, 0.717) is 12.0 Å². The fourth-order valence-electron chi connectivity index (χ4n) is 2.32. The molecule has 0 radical (unpaired) electrons. The number of rotatable bonds is 4. The van der Waals surface area contributed by atoms with Gasteiger partial charge in [-0.15, -0.1) is 0 Å². The Bertz CT molecular complexity index is 499. The Morgan fingerprint density at radius 2 is 1.89 bits per heavy atom.